The molecule has 0 saturated carbocycles. The number of anilines is 1. The van der Waals surface area contributed by atoms with Gasteiger partial charge in [0.05, 0.1) is 5.41 Å². The van der Waals surface area contributed by atoms with E-state index in [2.05, 4.69) is 19.2 Å². The van der Waals surface area contributed by atoms with E-state index in [1.54, 1.807) is 0 Å². The maximum atomic E-state index is 13.0. The van der Waals surface area contributed by atoms with Crippen LogP contribution in [0.2, 0.25) is 0 Å². The molecule has 110 valence electrons. The first-order valence-corrected chi connectivity index (χ1v) is 7.75. The topological polar surface area (TPSA) is 32.3 Å². The molecule has 1 amide bonds. The molecule has 20 heavy (non-hydrogen) atoms. The monoisotopic (exact) mass is 274 g/mol. The maximum Gasteiger partial charge on any atom is 0.234 e. The molecule has 1 aromatic carbocycles. The fraction of sp³-hybridized carbons (Fsp3) is 0.588. The minimum atomic E-state index is -0.262. The molecule has 2 rings (SSSR count). The van der Waals surface area contributed by atoms with E-state index in [1.165, 1.54) is 0 Å². The van der Waals surface area contributed by atoms with Crippen molar-refractivity contribution in [2.75, 3.05) is 24.5 Å². The quantitative estimate of drug-likeness (QED) is 0.894. The summed E-state index contributed by atoms with van der Waals surface area (Å²) in [5.41, 5.74) is 0.764. The zero-order valence-electron chi connectivity index (χ0n) is 12.7. The number of carbonyl (C=O) groups excluding carboxylic acids is 1. The molecule has 1 saturated heterocycles. The first-order chi connectivity index (χ1) is 9.67. The summed E-state index contributed by atoms with van der Waals surface area (Å²) in [5.74, 6) is 0.268. The second kappa shape index (κ2) is 6.89. The van der Waals surface area contributed by atoms with Crippen molar-refractivity contribution in [3.8, 4) is 0 Å². The number of benzene rings is 1. The largest absolute Gasteiger partial charge is 0.316 e. The van der Waals surface area contributed by atoms with Crippen molar-refractivity contribution in [1.82, 2.24) is 5.32 Å². The molecule has 1 unspecified atom stereocenters. The molecule has 0 aliphatic carbocycles. The lowest BCUT2D eigenvalue weighted by Crippen LogP contribution is -2.50. The van der Waals surface area contributed by atoms with Crippen molar-refractivity contribution < 1.29 is 4.79 Å². The van der Waals surface area contributed by atoms with Gasteiger partial charge >= 0.3 is 0 Å². The lowest BCUT2D eigenvalue weighted by Gasteiger charge is -2.37. The number of carbonyl (C=O) groups is 1. The minimum absolute atomic E-state index is 0.262. The smallest absolute Gasteiger partial charge is 0.234 e. The van der Waals surface area contributed by atoms with Crippen LogP contribution >= 0.6 is 0 Å². The molecule has 0 aromatic heterocycles. The highest BCUT2D eigenvalue weighted by Gasteiger charge is 2.37. The van der Waals surface area contributed by atoms with Crippen LogP contribution in [-0.2, 0) is 4.79 Å². The Balaban J connectivity index is 2.19. The lowest BCUT2D eigenvalue weighted by molar-refractivity contribution is -0.128. The van der Waals surface area contributed by atoms with E-state index in [0.29, 0.717) is 0 Å². The second-order valence-electron chi connectivity index (χ2n) is 5.99. The van der Waals surface area contributed by atoms with Gasteiger partial charge in [0.1, 0.15) is 0 Å². The van der Waals surface area contributed by atoms with Crippen molar-refractivity contribution in [1.29, 1.82) is 0 Å². The third-order valence-electron chi connectivity index (χ3n) is 4.16. The van der Waals surface area contributed by atoms with Crippen LogP contribution in [0.25, 0.3) is 0 Å². The van der Waals surface area contributed by atoms with Crippen LogP contribution in [0.5, 0.6) is 0 Å². The third-order valence-corrected chi connectivity index (χ3v) is 4.16. The number of para-hydroxylation sites is 1. The van der Waals surface area contributed by atoms with Gasteiger partial charge in [-0.2, -0.15) is 0 Å². The summed E-state index contributed by atoms with van der Waals surface area (Å²) in [7, 11) is 0. The third kappa shape index (κ3) is 3.40. The van der Waals surface area contributed by atoms with Crippen LogP contribution in [0.3, 0.4) is 0 Å². The van der Waals surface area contributed by atoms with Gasteiger partial charge in [-0.15, -0.1) is 0 Å². The second-order valence-corrected chi connectivity index (χ2v) is 5.99. The van der Waals surface area contributed by atoms with Crippen LogP contribution in [0, 0.1) is 5.41 Å². The van der Waals surface area contributed by atoms with Gasteiger partial charge in [0.2, 0.25) is 5.91 Å². The van der Waals surface area contributed by atoms with E-state index in [1.807, 2.05) is 35.2 Å². The summed E-state index contributed by atoms with van der Waals surface area (Å²) < 4.78 is 0. The average Bonchev–Trinajstić information content (AvgIpc) is 2.49. The van der Waals surface area contributed by atoms with Gasteiger partial charge in [-0.05, 0) is 44.9 Å². The normalized spacial score (nSPS) is 22.5. The Bertz CT molecular complexity index is 424. The summed E-state index contributed by atoms with van der Waals surface area (Å²) in [6, 6.07) is 10.1. The van der Waals surface area contributed by atoms with Crippen LogP contribution in [0.15, 0.2) is 30.3 Å². The molecule has 1 aliphatic rings. The Morgan fingerprint density at radius 1 is 1.35 bits per heavy atom. The van der Waals surface area contributed by atoms with Gasteiger partial charge < -0.3 is 10.2 Å². The van der Waals surface area contributed by atoms with Crippen molar-refractivity contribution in [2.24, 2.45) is 5.41 Å². The Morgan fingerprint density at radius 2 is 2.10 bits per heavy atom. The molecule has 1 atom stereocenters. The number of nitrogens with one attached hydrogen (secondary N) is 1. The van der Waals surface area contributed by atoms with E-state index in [9.17, 15) is 4.79 Å². The molecular formula is C17H26N2O. The van der Waals surface area contributed by atoms with Gasteiger partial charge in [-0.3, -0.25) is 4.79 Å². The Labute approximate surface area is 122 Å². The Hall–Kier alpha value is -1.35. The molecule has 1 heterocycles. The van der Waals surface area contributed by atoms with E-state index < -0.39 is 0 Å². The molecule has 0 radical (unpaired) electrons. The highest BCUT2D eigenvalue weighted by Crippen LogP contribution is 2.30. The molecular weight excluding hydrogens is 248 g/mol. The fourth-order valence-corrected chi connectivity index (χ4v) is 2.84. The summed E-state index contributed by atoms with van der Waals surface area (Å²) in [4.78, 5) is 15.0. The highest BCUT2D eigenvalue weighted by atomic mass is 16.2. The van der Waals surface area contributed by atoms with E-state index in [0.717, 1.165) is 51.0 Å². The summed E-state index contributed by atoms with van der Waals surface area (Å²) >= 11 is 0. The van der Waals surface area contributed by atoms with Crippen molar-refractivity contribution >= 4 is 11.6 Å². The molecule has 0 bridgehead atoms. The Kier molecular flexibility index (Phi) is 5.18. The first-order valence-electron chi connectivity index (χ1n) is 7.75. The molecule has 1 fully saturated rings. The van der Waals surface area contributed by atoms with E-state index in [4.69, 9.17) is 0 Å². The number of amides is 1. The number of piperidine rings is 1. The van der Waals surface area contributed by atoms with Crippen LogP contribution in [-0.4, -0.2) is 25.5 Å². The highest BCUT2D eigenvalue weighted by molar-refractivity contribution is 5.97. The fourth-order valence-electron chi connectivity index (χ4n) is 2.84. The summed E-state index contributed by atoms with van der Waals surface area (Å²) in [6.45, 7) is 6.90. The van der Waals surface area contributed by atoms with Crippen molar-refractivity contribution in [3.63, 3.8) is 0 Å². The lowest BCUT2D eigenvalue weighted by atomic mass is 9.81. The van der Waals surface area contributed by atoms with Crippen LogP contribution < -0.4 is 10.2 Å². The van der Waals surface area contributed by atoms with Gasteiger partial charge in [-0.25, -0.2) is 0 Å². The number of rotatable bonds is 5. The van der Waals surface area contributed by atoms with E-state index >= 15 is 0 Å². The van der Waals surface area contributed by atoms with Gasteiger partial charge in [-0.1, -0.05) is 31.5 Å². The van der Waals surface area contributed by atoms with Crippen molar-refractivity contribution in [3.05, 3.63) is 30.3 Å². The summed E-state index contributed by atoms with van der Waals surface area (Å²) in [6.07, 6.45) is 4.21. The average molecular weight is 274 g/mol. The zero-order chi connectivity index (χ0) is 14.4. The van der Waals surface area contributed by atoms with Gasteiger partial charge in [0.25, 0.3) is 0 Å². The predicted molar refractivity (Wildman–Crippen MR) is 83.9 cm³/mol. The zero-order valence-corrected chi connectivity index (χ0v) is 12.7. The van der Waals surface area contributed by atoms with Gasteiger partial charge in [0, 0.05) is 18.8 Å². The summed E-state index contributed by atoms with van der Waals surface area (Å²) in [5, 5.41) is 3.37. The number of hydrogen-bond donors (Lipinski definition) is 1. The Morgan fingerprint density at radius 3 is 2.70 bits per heavy atom. The predicted octanol–water partition coefficient (Wildman–Crippen LogP) is 3.21. The molecule has 3 nitrogen and oxygen atoms in total. The maximum absolute atomic E-state index is 13.0. The first kappa shape index (κ1) is 15.0. The minimum Gasteiger partial charge on any atom is -0.316 e. The SMILES string of the molecule is CCCCN(C(=O)C1(C)CCCNC1)c1ccccc1. The number of nitrogens with zero attached hydrogens (tertiary/aromatic N) is 1. The number of hydrogen-bond acceptors (Lipinski definition) is 2. The standard InChI is InChI=1S/C17H26N2O/c1-3-4-13-19(15-9-6-5-7-10-15)16(20)17(2)11-8-12-18-14-17/h5-7,9-10,18H,3-4,8,11-14H2,1-2H3. The molecule has 1 aromatic rings. The molecule has 0 spiro atoms. The van der Waals surface area contributed by atoms with Gasteiger partial charge in [0.15, 0.2) is 0 Å². The van der Waals surface area contributed by atoms with Crippen LogP contribution in [0.4, 0.5) is 5.69 Å². The van der Waals surface area contributed by atoms with E-state index in [-0.39, 0.29) is 11.3 Å². The molecule has 1 aliphatic heterocycles. The number of unbranched alkanes of at least 4 members (excludes halogenated alkanes) is 1. The molecule has 3 heteroatoms. The molecule has 1 N–H and O–H groups in total. The van der Waals surface area contributed by atoms with Crippen molar-refractivity contribution in [2.45, 2.75) is 39.5 Å². The van der Waals surface area contributed by atoms with Crippen LogP contribution in [0.1, 0.15) is 39.5 Å².